The molecule has 1 unspecified atom stereocenters. The molecule has 86 valence electrons. The monoisotopic (exact) mass is 216 g/mol. The van der Waals surface area contributed by atoms with Gasteiger partial charge < -0.3 is 14.6 Å². The minimum atomic E-state index is -0.822. The van der Waals surface area contributed by atoms with E-state index in [1.807, 2.05) is 0 Å². The molecule has 0 aliphatic carbocycles. The molecule has 5 nitrogen and oxygen atoms in total. The van der Waals surface area contributed by atoms with E-state index in [0.29, 0.717) is 0 Å². The van der Waals surface area contributed by atoms with Crippen LogP contribution in [0.15, 0.2) is 25.0 Å². The van der Waals surface area contributed by atoms with Gasteiger partial charge in [0.15, 0.2) is 0 Å². The zero-order chi connectivity index (χ0) is 12.4. The maximum absolute atomic E-state index is 10.5. The van der Waals surface area contributed by atoms with Gasteiger partial charge in [-0.15, -0.1) is 0 Å². The highest BCUT2D eigenvalue weighted by Crippen LogP contribution is 1.98. The minimum Gasteiger partial charge on any atom is -0.466 e. The first-order chi connectivity index (χ1) is 6.86. The molecule has 0 saturated heterocycles. The number of aliphatic hydroxyl groups is 1. The van der Waals surface area contributed by atoms with Crippen molar-refractivity contribution >= 4 is 11.9 Å². The third-order valence-electron chi connectivity index (χ3n) is 1.20. The number of carbonyl (C=O) groups excluding carboxylic acids is 2. The van der Waals surface area contributed by atoms with E-state index in [1.54, 1.807) is 0 Å². The van der Waals surface area contributed by atoms with E-state index >= 15 is 0 Å². The molecule has 0 bridgehead atoms. The lowest BCUT2D eigenvalue weighted by Crippen LogP contribution is -2.14. The summed E-state index contributed by atoms with van der Waals surface area (Å²) in [7, 11) is 1.25. The van der Waals surface area contributed by atoms with Gasteiger partial charge in [0, 0.05) is 6.92 Å². The highest BCUT2D eigenvalue weighted by molar-refractivity contribution is 5.88. The van der Waals surface area contributed by atoms with Crippen LogP contribution in [0.25, 0.3) is 0 Å². The minimum absolute atomic E-state index is 0.0810. The summed E-state index contributed by atoms with van der Waals surface area (Å²) in [6, 6.07) is 0. The normalized spacial score (nSPS) is 10.1. The van der Waals surface area contributed by atoms with Gasteiger partial charge in [-0.2, -0.15) is 0 Å². The highest BCUT2D eigenvalue weighted by atomic mass is 16.5. The van der Waals surface area contributed by atoms with Gasteiger partial charge in [-0.05, 0) is 6.92 Å². The number of hydrogen-bond donors (Lipinski definition) is 1. The Hall–Kier alpha value is -1.62. The molecule has 0 radical (unpaired) electrons. The average molecular weight is 216 g/mol. The van der Waals surface area contributed by atoms with Crippen LogP contribution in [0.1, 0.15) is 13.8 Å². The van der Waals surface area contributed by atoms with Crippen molar-refractivity contribution in [2.24, 2.45) is 0 Å². The molecular weight excluding hydrogens is 200 g/mol. The molecule has 0 aromatic rings. The van der Waals surface area contributed by atoms with Gasteiger partial charge in [-0.3, -0.25) is 4.79 Å². The summed E-state index contributed by atoms with van der Waals surface area (Å²) in [5.74, 6) is -0.894. The van der Waals surface area contributed by atoms with Crippen molar-refractivity contribution in [1.29, 1.82) is 0 Å². The molecular formula is C10H16O5. The number of esters is 2. The Morgan fingerprint density at radius 3 is 2.00 bits per heavy atom. The molecule has 0 spiro atoms. The van der Waals surface area contributed by atoms with Crippen LogP contribution in [-0.4, -0.2) is 30.3 Å². The molecule has 0 aliphatic rings. The van der Waals surface area contributed by atoms with Crippen molar-refractivity contribution in [3.63, 3.8) is 0 Å². The molecule has 1 N–H and O–H groups in total. The predicted octanol–water partition coefficient (Wildman–Crippen LogP) is 0.789. The van der Waals surface area contributed by atoms with E-state index in [2.05, 4.69) is 22.6 Å². The van der Waals surface area contributed by atoms with Crippen LogP contribution in [0.4, 0.5) is 0 Å². The molecule has 0 aliphatic heterocycles. The van der Waals surface area contributed by atoms with Crippen molar-refractivity contribution < 1.29 is 24.2 Å². The predicted molar refractivity (Wildman–Crippen MR) is 54.8 cm³/mol. The fourth-order valence-corrected chi connectivity index (χ4v) is 0.419. The first-order valence-electron chi connectivity index (χ1n) is 4.10. The molecule has 0 fully saturated rings. The van der Waals surface area contributed by atoms with E-state index in [1.165, 1.54) is 21.0 Å². The number of methoxy groups -OCH3 is 1. The second-order valence-corrected chi connectivity index (χ2v) is 2.47. The summed E-state index contributed by atoms with van der Waals surface area (Å²) < 4.78 is 8.44. The average Bonchev–Trinajstić information content (AvgIpc) is 2.16. The second-order valence-electron chi connectivity index (χ2n) is 2.47. The summed E-state index contributed by atoms with van der Waals surface area (Å²) in [4.78, 5) is 20.2. The van der Waals surface area contributed by atoms with Gasteiger partial charge in [0.25, 0.3) is 0 Å². The number of carbonyl (C=O) groups is 2. The quantitative estimate of drug-likeness (QED) is 0.429. The number of hydrogen-bond acceptors (Lipinski definition) is 5. The van der Waals surface area contributed by atoms with Crippen LogP contribution in [0.2, 0.25) is 0 Å². The third-order valence-corrected chi connectivity index (χ3v) is 1.20. The topological polar surface area (TPSA) is 72.8 Å². The van der Waals surface area contributed by atoms with Crippen molar-refractivity contribution in [2.45, 2.75) is 20.0 Å². The van der Waals surface area contributed by atoms with Gasteiger partial charge in [0.05, 0.1) is 25.0 Å². The molecule has 0 rings (SSSR count). The van der Waals surface area contributed by atoms with Gasteiger partial charge in [-0.25, -0.2) is 4.79 Å². The lowest BCUT2D eigenvalue weighted by Gasteiger charge is -2.03. The number of ether oxygens (including phenoxy) is 2. The van der Waals surface area contributed by atoms with E-state index in [4.69, 9.17) is 5.11 Å². The molecule has 0 aromatic carbocycles. The summed E-state index contributed by atoms with van der Waals surface area (Å²) in [5.41, 5.74) is 0.0810. The van der Waals surface area contributed by atoms with Gasteiger partial charge >= 0.3 is 11.9 Å². The summed E-state index contributed by atoms with van der Waals surface area (Å²) >= 11 is 0. The van der Waals surface area contributed by atoms with Crippen molar-refractivity contribution in [2.75, 3.05) is 7.11 Å². The SMILES string of the molecule is C=C(C(=O)OC)C(C)O.C=COC(C)=O. The van der Waals surface area contributed by atoms with Crippen molar-refractivity contribution in [3.05, 3.63) is 25.0 Å². The van der Waals surface area contributed by atoms with Crippen LogP contribution in [-0.2, 0) is 19.1 Å². The largest absolute Gasteiger partial charge is 0.466 e. The second kappa shape index (κ2) is 8.96. The first-order valence-corrected chi connectivity index (χ1v) is 4.10. The van der Waals surface area contributed by atoms with Crippen molar-refractivity contribution in [3.8, 4) is 0 Å². The van der Waals surface area contributed by atoms with Gasteiger partial charge in [0.1, 0.15) is 0 Å². The highest BCUT2D eigenvalue weighted by Gasteiger charge is 2.10. The molecule has 0 aromatic heterocycles. The maximum Gasteiger partial charge on any atom is 0.335 e. The van der Waals surface area contributed by atoms with Crippen LogP contribution < -0.4 is 0 Å². The molecule has 5 heteroatoms. The Morgan fingerprint density at radius 1 is 1.47 bits per heavy atom. The first kappa shape index (κ1) is 15.8. The van der Waals surface area contributed by atoms with Crippen molar-refractivity contribution in [1.82, 2.24) is 0 Å². The lowest BCUT2D eigenvalue weighted by molar-refractivity contribution is -0.137. The Balaban J connectivity index is 0. The Labute approximate surface area is 89.0 Å². The standard InChI is InChI=1S/C6H10O3.C4H6O2/c1-4(5(2)7)6(8)9-3;1-3-6-4(2)5/h5,7H,1H2,2-3H3;3H,1H2,2H3. The van der Waals surface area contributed by atoms with E-state index in [-0.39, 0.29) is 11.5 Å². The number of rotatable bonds is 3. The van der Waals surface area contributed by atoms with Crippen LogP contribution in [0.3, 0.4) is 0 Å². The Morgan fingerprint density at radius 2 is 1.93 bits per heavy atom. The molecule has 0 amide bonds. The smallest absolute Gasteiger partial charge is 0.335 e. The molecule has 0 heterocycles. The fraction of sp³-hybridized carbons (Fsp3) is 0.400. The van der Waals surface area contributed by atoms with E-state index in [0.717, 1.165) is 6.26 Å². The fourth-order valence-electron chi connectivity index (χ4n) is 0.419. The maximum atomic E-state index is 10.5. The van der Waals surface area contributed by atoms with Crippen LogP contribution in [0, 0.1) is 0 Å². The molecule has 15 heavy (non-hydrogen) atoms. The van der Waals surface area contributed by atoms with E-state index in [9.17, 15) is 9.59 Å². The van der Waals surface area contributed by atoms with Gasteiger partial charge in [-0.1, -0.05) is 13.2 Å². The van der Waals surface area contributed by atoms with Crippen LogP contribution in [0.5, 0.6) is 0 Å². The van der Waals surface area contributed by atoms with Gasteiger partial charge in [0.2, 0.25) is 0 Å². The lowest BCUT2D eigenvalue weighted by atomic mass is 10.2. The van der Waals surface area contributed by atoms with E-state index < -0.39 is 12.1 Å². The Bertz CT molecular complexity index is 242. The van der Waals surface area contributed by atoms with Crippen LogP contribution >= 0.6 is 0 Å². The third kappa shape index (κ3) is 10.3. The summed E-state index contributed by atoms with van der Waals surface area (Å²) in [5, 5.41) is 8.72. The zero-order valence-electron chi connectivity index (χ0n) is 9.15. The molecule has 0 saturated carbocycles. The molecule has 1 atom stereocenters. The number of aliphatic hydroxyl groups excluding tert-OH is 1. The summed E-state index contributed by atoms with van der Waals surface area (Å²) in [6.45, 7) is 9.24. The summed E-state index contributed by atoms with van der Waals surface area (Å²) in [6.07, 6.45) is 0.278. The Kier molecular flexibility index (Phi) is 9.45. The zero-order valence-corrected chi connectivity index (χ0v) is 9.15.